The molecular weight excluding hydrogens is 236 g/mol. The minimum atomic E-state index is -0.445. The quantitative estimate of drug-likeness (QED) is 0.896. The second-order valence-electron chi connectivity index (χ2n) is 3.65. The molecule has 6 heteroatoms. The van der Waals surface area contributed by atoms with E-state index in [1.54, 1.807) is 11.7 Å². The first-order valence-corrected chi connectivity index (χ1v) is 6.21. The van der Waals surface area contributed by atoms with Crippen molar-refractivity contribution in [3.8, 4) is 0 Å². The van der Waals surface area contributed by atoms with Crippen LogP contribution in [-0.4, -0.2) is 25.3 Å². The Labute approximate surface area is 104 Å². The molecule has 1 N–H and O–H groups in total. The zero-order chi connectivity index (χ0) is 12.3. The van der Waals surface area contributed by atoms with Gasteiger partial charge in [-0.15, -0.1) is 5.10 Å². The number of nitrogens with zero attached hydrogens (tertiary/aromatic N) is 4. The first-order valence-electron chi connectivity index (χ1n) is 5.39. The molecule has 0 saturated carbocycles. The molecule has 0 saturated heterocycles. The molecular formula is C11H14N4OS. The summed E-state index contributed by atoms with van der Waals surface area (Å²) in [5.74, 6) is 0. The maximum atomic E-state index is 9.94. The van der Waals surface area contributed by atoms with Gasteiger partial charge in [0.2, 0.25) is 5.16 Å². The highest BCUT2D eigenvalue weighted by Crippen LogP contribution is 2.32. The van der Waals surface area contributed by atoms with Gasteiger partial charge >= 0.3 is 0 Å². The van der Waals surface area contributed by atoms with Gasteiger partial charge in [-0.05, 0) is 40.2 Å². The van der Waals surface area contributed by atoms with Crippen LogP contribution in [-0.2, 0) is 7.05 Å². The van der Waals surface area contributed by atoms with Crippen LogP contribution in [0.1, 0.15) is 25.0 Å². The van der Waals surface area contributed by atoms with E-state index in [9.17, 15) is 5.11 Å². The van der Waals surface area contributed by atoms with Crippen molar-refractivity contribution < 1.29 is 5.11 Å². The van der Waals surface area contributed by atoms with Crippen molar-refractivity contribution in [2.75, 3.05) is 0 Å². The van der Waals surface area contributed by atoms with Gasteiger partial charge in [0.1, 0.15) is 0 Å². The molecule has 0 aliphatic heterocycles. The number of tetrazole rings is 1. The predicted molar refractivity (Wildman–Crippen MR) is 64.6 cm³/mol. The van der Waals surface area contributed by atoms with Gasteiger partial charge in [0.25, 0.3) is 0 Å². The maximum Gasteiger partial charge on any atom is 0.213 e. The molecule has 2 aromatic rings. The standard InChI is InChI=1S/C11H14N4OS/c1-3-9(16)8-6-4-5-7-10(8)17-11-12-13-14-15(11)2/h4-7,9,16H,3H2,1-2H3. The summed E-state index contributed by atoms with van der Waals surface area (Å²) < 4.78 is 1.61. The Balaban J connectivity index is 2.30. The minimum Gasteiger partial charge on any atom is -0.388 e. The lowest BCUT2D eigenvalue weighted by Crippen LogP contribution is -1.98. The Kier molecular flexibility index (Phi) is 3.75. The molecule has 0 bridgehead atoms. The molecule has 1 unspecified atom stereocenters. The Morgan fingerprint density at radius 1 is 1.41 bits per heavy atom. The number of aliphatic hydroxyl groups is 1. The first kappa shape index (κ1) is 12.1. The Bertz CT molecular complexity index is 500. The summed E-state index contributed by atoms with van der Waals surface area (Å²) in [4.78, 5) is 0.986. The van der Waals surface area contributed by atoms with Crippen LogP contribution in [0.15, 0.2) is 34.3 Å². The van der Waals surface area contributed by atoms with E-state index in [0.29, 0.717) is 11.6 Å². The third kappa shape index (κ3) is 2.65. The van der Waals surface area contributed by atoms with E-state index in [1.165, 1.54) is 11.8 Å². The third-order valence-corrected chi connectivity index (χ3v) is 3.57. The van der Waals surface area contributed by atoms with Gasteiger partial charge in [-0.2, -0.15) is 0 Å². The van der Waals surface area contributed by atoms with Crippen LogP contribution in [0.2, 0.25) is 0 Å². The molecule has 0 fully saturated rings. The van der Waals surface area contributed by atoms with Crippen LogP contribution in [0.25, 0.3) is 0 Å². The van der Waals surface area contributed by atoms with Gasteiger partial charge in [-0.3, -0.25) is 0 Å². The van der Waals surface area contributed by atoms with E-state index in [4.69, 9.17) is 0 Å². The van der Waals surface area contributed by atoms with Gasteiger partial charge in [0, 0.05) is 11.9 Å². The van der Waals surface area contributed by atoms with Gasteiger partial charge < -0.3 is 5.11 Å². The van der Waals surface area contributed by atoms with E-state index in [2.05, 4.69) is 15.5 Å². The summed E-state index contributed by atoms with van der Waals surface area (Å²) in [7, 11) is 1.79. The first-order chi connectivity index (χ1) is 8.22. The van der Waals surface area contributed by atoms with Crippen LogP contribution in [0, 0.1) is 0 Å². The van der Waals surface area contributed by atoms with Crippen molar-refractivity contribution in [3.05, 3.63) is 29.8 Å². The van der Waals surface area contributed by atoms with E-state index >= 15 is 0 Å². The number of rotatable bonds is 4. The molecule has 0 spiro atoms. The lowest BCUT2D eigenvalue weighted by Gasteiger charge is -2.12. The minimum absolute atomic E-state index is 0.445. The van der Waals surface area contributed by atoms with Gasteiger partial charge in [-0.1, -0.05) is 25.1 Å². The molecule has 17 heavy (non-hydrogen) atoms. The fourth-order valence-corrected chi connectivity index (χ4v) is 2.39. The SMILES string of the molecule is CCC(O)c1ccccc1Sc1nnnn1C. The summed E-state index contributed by atoms with van der Waals surface area (Å²) in [6, 6.07) is 7.76. The topological polar surface area (TPSA) is 63.8 Å². The lowest BCUT2D eigenvalue weighted by atomic mass is 10.1. The molecule has 90 valence electrons. The van der Waals surface area contributed by atoms with Crippen molar-refractivity contribution in [2.45, 2.75) is 29.5 Å². The van der Waals surface area contributed by atoms with Crippen LogP contribution in [0.3, 0.4) is 0 Å². The molecule has 1 aromatic carbocycles. The lowest BCUT2D eigenvalue weighted by molar-refractivity contribution is 0.171. The molecule has 2 rings (SSSR count). The zero-order valence-electron chi connectivity index (χ0n) is 9.74. The second kappa shape index (κ2) is 5.29. The monoisotopic (exact) mass is 250 g/mol. The van der Waals surface area contributed by atoms with Crippen LogP contribution in [0.5, 0.6) is 0 Å². The summed E-state index contributed by atoms with van der Waals surface area (Å²) >= 11 is 1.46. The predicted octanol–water partition coefficient (Wildman–Crippen LogP) is 1.80. The average molecular weight is 250 g/mol. The van der Waals surface area contributed by atoms with Crippen molar-refractivity contribution in [2.24, 2.45) is 7.05 Å². The van der Waals surface area contributed by atoms with E-state index in [0.717, 1.165) is 10.5 Å². The number of hydrogen-bond donors (Lipinski definition) is 1. The van der Waals surface area contributed by atoms with Gasteiger partial charge in [0.05, 0.1) is 6.10 Å². The zero-order valence-corrected chi connectivity index (χ0v) is 10.6. The average Bonchev–Trinajstić information content (AvgIpc) is 2.75. The molecule has 1 aromatic heterocycles. The van der Waals surface area contributed by atoms with E-state index < -0.39 is 6.10 Å². The fraction of sp³-hybridized carbons (Fsp3) is 0.364. The molecule has 0 radical (unpaired) electrons. The number of benzene rings is 1. The normalized spacial score (nSPS) is 12.6. The summed E-state index contributed by atoms with van der Waals surface area (Å²) in [5, 5.41) is 21.9. The van der Waals surface area contributed by atoms with Crippen molar-refractivity contribution in [3.63, 3.8) is 0 Å². The Morgan fingerprint density at radius 3 is 2.82 bits per heavy atom. The van der Waals surface area contributed by atoms with Crippen LogP contribution >= 0.6 is 11.8 Å². The van der Waals surface area contributed by atoms with E-state index in [-0.39, 0.29) is 0 Å². The van der Waals surface area contributed by atoms with Crippen molar-refractivity contribution in [1.82, 2.24) is 20.2 Å². The summed E-state index contributed by atoms with van der Waals surface area (Å²) in [5.41, 5.74) is 0.919. The molecule has 0 aliphatic rings. The van der Waals surface area contributed by atoms with Gasteiger partial charge in [-0.25, -0.2) is 4.68 Å². The molecule has 5 nitrogen and oxygen atoms in total. The van der Waals surface area contributed by atoms with Crippen molar-refractivity contribution in [1.29, 1.82) is 0 Å². The third-order valence-electron chi connectivity index (χ3n) is 2.45. The molecule has 1 atom stereocenters. The van der Waals surface area contributed by atoms with Crippen LogP contribution < -0.4 is 0 Å². The second-order valence-corrected chi connectivity index (χ2v) is 4.66. The smallest absolute Gasteiger partial charge is 0.213 e. The highest BCUT2D eigenvalue weighted by molar-refractivity contribution is 7.99. The summed E-state index contributed by atoms with van der Waals surface area (Å²) in [6.07, 6.45) is 0.245. The molecule has 0 aliphatic carbocycles. The Hall–Kier alpha value is -1.40. The number of hydrogen-bond acceptors (Lipinski definition) is 5. The number of aryl methyl sites for hydroxylation is 1. The Morgan fingerprint density at radius 2 is 2.18 bits per heavy atom. The highest BCUT2D eigenvalue weighted by Gasteiger charge is 2.13. The fourth-order valence-electron chi connectivity index (χ4n) is 1.47. The highest BCUT2D eigenvalue weighted by atomic mass is 32.2. The van der Waals surface area contributed by atoms with E-state index in [1.807, 2.05) is 31.2 Å². The maximum absolute atomic E-state index is 9.94. The number of aliphatic hydroxyl groups excluding tert-OH is 1. The largest absolute Gasteiger partial charge is 0.388 e. The molecule has 0 amide bonds. The summed E-state index contributed by atoms with van der Waals surface area (Å²) in [6.45, 7) is 1.95. The van der Waals surface area contributed by atoms with Gasteiger partial charge in [0.15, 0.2) is 0 Å². The number of aromatic nitrogens is 4. The van der Waals surface area contributed by atoms with Crippen molar-refractivity contribution >= 4 is 11.8 Å². The molecule has 1 heterocycles. The van der Waals surface area contributed by atoms with Crippen LogP contribution in [0.4, 0.5) is 0 Å².